The fourth-order valence-corrected chi connectivity index (χ4v) is 5.18. The lowest BCUT2D eigenvalue weighted by molar-refractivity contribution is 0.237. The second kappa shape index (κ2) is 9.38. The highest BCUT2D eigenvalue weighted by atomic mass is 19.1. The zero-order valence-corrected chi connectivity index (χ0v) is 20.5. The minimum absolute atomic E-state index is 0.337. The number of likely N-dealkylation sites (tertiary alicyclic amines) is 1. The molecule has 0 bridgehead atoms. The number of benzene rings is 1. The Balaban J connectivity index is 1.23. The van der Waals surface area contributed by atoms with Crippen LogP contribution in [0.1, 0.15) is 12.8 Å². The van der Waals surface area contributed by atoms with Gasteiger partial charge < -0.3 is 9.72 Å². The Labute approximate surface area is 217 Å². The number of hydrogen-bond acceptors (Lipinski definition) is 6. The van der Waals surface area contributed by atoms with Gasteiger partial charge in [0, 0.05) is 53.1 Å². The van der Waals surface area contributed by atoms with Crippen LogP contribution < -0.4 is 4.74 Å². The molecule has 9 nitrogen and oxygen atoms in total. The van der Waals surface area contributed by atoms with Crippen molar-refractivity contribution in [1.82, 2.24) is 40.2 Å². The summed E-state index contributed by atoms with van der Waals surface area (Å²) in [6.07, 6.45) is 9.55. The molecular formula is C28H25FN8O. The van der Waals surface area contributed by atoms with E-state index in [1.54, 1.807) is 18.6 Å². The molecule has 0 unspecified atom stereocenters. The molecule has 1 saturated heterocycles. The van der Waals surface area contributed by atoms with Gasteiger partial charge in [0.05, 0.1) is 11.9 Å². The predicted octanol–water partition coefficient (Wildman–Crippen LogP) is 5.17. The van der Waals surface area contributed by atoms with Crippen LogP contribution in [0.25, 0.3) is 55.7 Å². The Bertz CT molecular complexity index is 1730. The van der Waals surface area contributed by atoms with Crippen molar-refractivity contribution in [3.8, 4) is 39.4 Å². The van der Waals surface area contributed by atoms with Crippen molar-refractivity contribution in [3.05, 3.63) is 67.0 Å². The molecule has 6 heterocycles. The quantitative estimate of drug-likeness (QED) is 0.274. The van der Waals surface area contributed by atoms with E-state index in [0.717, 1.165) is 64.0 Å². The van der Waals surface area contributed by atoms with Crippen LogP contribution in [0.3, 0.4) is 0 Å². The number of pyridine rings is 2. The minimum atomic E-state index is -0.337. The molecule has 10 heteroatoms. The summed E-state index contributed by atoms with van der Waals surface area (Å²) in [6, 6.07) is 10.8. The average Bonchev–Trinajstić information content (AvgIpc) is 3.73. The molecule has 0 spiro atoms. The summed E-state index contributed by atoms with van der Waals surface area (Å²) in [6.45, 7) is 3.59. The standard InChI is InChI=1S/C28H25FN8O/c29-20-9-17(10-21(12-20)38-8-7-37-5-1-2-6-37)22-3-4-30-27-23(22)13-25(34-27)26-24-11-18(19-15-32-33-16-19)14-31-28(24)36-35-26/h3-4,9-16H,1-2,5-8H2,(H,30,34)(H,32,33)(H,31,35,36). The number of H-pyrrole nitrogens is 3. The Kier molecular flexibility index (Phi) is 5.58. The number of nitrogens with one attached hydrogen (secondary N) is 3. The van der Waals surface area contributed by atoms with Crippen LogP contribution in [0, 0.1) is 5.82 Å². The SMILES string of the molecule is Fc1cc(OCCN2CCCC2)cc(-c2ccnc3[nH]c(-c4n[nH]c5ncc(-c6cn[nH]c6)cc45)cc23)c1. The van der Waals surface area contributed by atoms with E-state index >= 15 is 0 Å². The normalized spacial score (nSPS) is 14.1. The number of ether oxygens (including phenoxy) is 1. The zero-order valence-electron chi connectivity index (χ0n) is 20.5. The molecule has 0 amide bonds. The van der Waals surface area contributed by atoms with Gasteiger partial charge in [-0.25, -0.2) is 14.4 Å². The van der Waals surface area contributed by atoms with Crippen molar-refractivity contribution in [2.75, 3.05) is 26.2 Å². The molecule has 3 N–H and O–H groups in total. The van der Waals surface area contributed by atoms with Crippen LogP contribution in [-0.2, 0) is 0 Å². The first-order valence-corrected chi connectivity index (χ1v) is 12.7. The van der Waals surface area contributed by atoms with Gasteiger partial charge in [-0.1, -0.05) is 0 Å². The van der Waals surface area contributed by atoms with Gasteiger partial charge in [0.25, 0.3) is 0 Å². The molecule has 1 fully saturated rings. The van der Waals surface area contributed by atoms with Gasteiger partial charge in [-0.3, -0.25) is 15.1 Å². The largest absolute Gasteiger partial charge is 0.492 e. The molecule has 5 aromatic heterocycles. The Hall–Kier alpha value is -4.57. The van der Waals surface area contributed by atoms with Crippen molar-refractivity contribution in [1.29, 1.82) is 0 Å². The molecule has 7 rings (SSSR count). The lowest BCUT2D eigenvalue weighted by Crippen LogP contribution is -2.25. The number of fused-ring (bicyclic) bond motifs is 2. The summed E-state index contributed by atoms with van der Waals surface area (Å²) < 4.78 is 20.6. The monoisotopic (exact) mass is 508 g/mol. The van der Waals surface area contributed by atoms with E-state index in [4.69, 9.17) is 4.74 Å². The maximum atomic E-state index is 14.7. The molecule has 0 aliphatic carbocycles. The molecular weight excluding hydrogens is 483 g/mol. The third-order valence-corrected chi connectivity index (χ3v) is 7.09. The fourth-order valence-electron chi connectivity index (χ4n) is 5.18. The molecule has 0 saturated carbocycles. The van der Waals surface area contributed by atoms with Crippen molar-refractivity contribution in [2.24, 2.45) is 0 Å². The molecule has 0 atom stereocenters. The van der Waals surface area contributed by atoms with E-state index in [2.05, 4.69) is 40.2 Å². The van der Waals surface area contributed by atoms with Crippen molar-refractivity contribution >= 4 is 22.1 Å². The molecule has 190 valence electrons. The van der Waals surface area contributed by atoms with Gasteiger partial charge in [0.1, 0.15) is 29.5 Å². The number of aromatic nitrogens is 7. The summed E-state index contributed by atoms with van der Waals surface area (Å²) >= 11 is 0. The topological polar surface area (TPSA) is 111 Å². The maximum absolute atomic E-state index is 14.7. The lowest BCUT2D eigenvalue weighted by atomic mass is 10.0. The van der Waals surface area contributed by atoms with Crippen molar-refractivity contribution < 1.29 is 9.13 Å². The van der Waals surface area contributed by atoms with Gasteiger partial charge in [-0.15, -0.1) is 0 Å². The summed E-state index contributed by atoms with van der Waals surface area (Å²) in [4.78, 5) is 14.8. The maximum Gasteiger partial charge on any atom is 0.155 e. The lowest BCUT2D eigenvalue weighted by Gasteiger charge is -2.15. The van der Waals surface area contributed by atoms with Crippen LogP contribution in [-0.4, -0.2) is 66.5 Å². The van der Waals surface area contributed by atoms with Crippen LogP contribution >= 0.6 is 0 Å². The Morgan fingerprint density at radius 3 is 2.71 bits per heavy atom. The summed E-state index contributed by atoms with van der Waals surface area (Å²) in [7, 11) is 0. The van der Waals surface area contributed by atoms with E-state index in [9.17, 15) is 4.39 Å². The van der Waals surface area contributed by atoms with Crippen LogP contribution in [0.5, 0.6) is 5.75 Å². The van der Waals surface area contributed by atoms with E-state index in [1.807, 2.05) is 30.5 Å². The van der Waals surface area contributed by atoms with Crippen molar-refractivity contribution in [3.63, 3.8) is 0 Å². The zero-order chi connectivity index (χ0) is 25.5. The summed E-state index contributed by atoms with van der Waals surface area (Å²) in [5.41, 5.74) is 6.35. The van der Waals surface area contributed by atoms with Crippen LogP contribution in [0.15, 0.2) is 61.2 Å². The molecule has 38 heavy (non-hydrogen) atoms. The third kappa shape index (κ3) is 4.18. The van der Waals surface area contributed by atoms with Gasteiger partial charge in [-0.2, -0.15) is 10.2 Å². The number of rotatable bonds is 7. The van der Waals surface area contributed by atoms with Gasteiger partial charge in [0.15, 0.2) is 5.65 Å². The number of hydrogen-bond donors (Lipinski definition) is 3. The average molecular weight is 509 g/mol. The number of aromatic amines is 3. The number of nitrogens with zero attached hydrogens (tertiary/aromatic N) is 5. The highest BCUT2D eigenvalue weighted by Gasteiger charge is 2.17. The fraction of sp³-hybridized carbons (Fsp3) is 0.214. The minimum Gasteiger partial charge on any atom is -0.492 e. The molecule has 1 aliphatic rings. The first kappa shape index (κ1) is 22.6. The van der Waals surface area contributed by atoms with E-state index in [0.29, 0.717) is 23.7 Å². The second-order valence-electron chi connectivity index (χ2n) is 9.56. The van der Waals surface area contributed by atoms with E-state index < -0.39 is 0 Å². The van der Waals surface area contributed by atoms with Crippen LogP contribution in [0.4, 0.5) is 4.39 Å². The molecule has 1 aromatic carbocycles. The highest BCUT2D eigenvalue weighted by Crippen LogP contribution is 2.35. The van der Waals surface area contributed by atoms with Gasteiger partial charge in [0.2, 0.25) is 0 Å². The summed E-state index contributed by atoms with van der Waals surface area (Å²) in [5.74, 6) is 0.187. The van der Waals surface area contributed by atoms with Gasteiger partial charge in [-0.05, 0) is 67.4 Å². The van der Waals surface area contributed by atoms with Gasteiger partial charge >= 0.3 is 0 Å². The third-order valence-electron chi connectivity index (χ3n) is 7.09. The Morgan fingerprint density at radius 2 is 1.84 bits per heavy atom. The Morgan fingerprint density at radius 1 is 0.921 bits per heavy atom. The molecule has 0 radical (unpaired) electrons. The molecule has 1 aliphatic heterocycles. The highest BCUT2D eigenvalue weighted by molar-refractivity contribution is 5.99. The first-order valence-electron chi connectivity index (χ1n) is 12.7. The van der Waals surface area contributed by atoms with Crippen LogP contribution in [0.2, 0.25) is 0 Å². The summed E-state index contributed by atoms with van der Waals surface area (Å²) in [5, 5.41) is 16.1. The predicted molar refractivity (Wildman–Crippen MR) is 143 cm³/mol. The number of halogens is 1. The smallest absolute Gasteiger partial charge is 0.155 e. The first-order chi connectivity index (χ1) is 18.7. The van der Waals surface area contributed by atoms with Crippen molar-refractivity contribution in [2.45, 2.75) is 12.8 Å². The van der Waals surface area contributed by atoms with E-state index in [1.165, 1.54) is 25.0 Å². The molecule has 6 aromatic rings. The second-order valence-corrected chi connectivity index (χ2v) is 9.56. The van der Waals surface area contributed by atoms with E-state index in [-0.39, 0.29) is 5.82 Å².